The number of carboxylic acids is 1. The Labute approximate surface area is 82.5 Å². The minimum atomic E-state index is -0.891. The van der Waals surface area contributed by atoms with E-state index < -0.39 is 5.97 Å². The molecule has 1 aliphatic rings. The molecule has 0 aromatic carbocycles. The molecule has 1 N–H and O–H groups in total. The highest BCUT2D eigenvalue weighted by atomic mass is 16.4. The van der Waals surface area contributed by atoms with Crippen molar-refractivity contribution in [3.63, 3.8) is 0 Å². The molecule has 4 nitrogen and oxygen atoms in total. The molecule has 0 radical (unpaired) electrons. The molecule has 14 heavy (non-hydrogen) atoms. The molecule has 0 amide bonds. The van der Waals surface area contributed by atoms with Gasteiger partial charge in [-0.1, -0.05) is 6.92 Å². The predicted molar refractivity (Wildman–Crippen MR) is 51.5 cm³/mol. The first-order valence-corrected chi connectivity index (χ1v) is 5.06. The van der Waals surface area contributed by atoms with E-state index in [2.05, 4.69) is 12.0 Å². The van der Waals surface area contributed by atoms with E-state index in [1.165, 1.54) is 0 Å². The van der Waals surface area contributed by atoms with Crippen molar-refractivity contribution in [2.24, 2.45) is 0 Å². The van der Waals surface area contributed by atoms with Crippen molar-refractivity contribution in [3.05, 3.63) is 17.0 Å². The van der Waals surface area contributed by atoms with E-state index in [4.69, 9.17) is 5.11 Å². The lowest BCUT2D eigenvalue weighted by Gasteiger charge is -2.01. The van der Waals surface area contributed by atoms with Crippen molar-refractivity contribution in [3.8, 4) is 0 Å². The quantitative estimate of drug-likeness (QED) is 0.792. The highest BCUT2D eigenvalue weighted by molar-refractivity contribution is 5.87. The third-order valence-corrected chi connectivity index (χ3v) is 2.64. The van der Waals surface area contributed by atoms with Gasteiger partial charge in [0, 0.05) is 17.8 Å². The lowest BCUT2D eigenvalue weighted by atomic mass is 10.2. The molecule has 1 aliphatic carbocycles. The number of carbonyl (C=O) groups is 1. The largest absolute Gasteiger partial charge is 0.476 e. The first kappa shape index (κ1) is 9.24. The van der Waals surface area contributed by atoms with Crippen molar-refractivity contribution in [2.45, 2.75) is 39.2 Å². The molecule has 0 bridgehead atoms. The molecular formula is C10H14N2O2. The highest BCUT2D eigenvalue weighted by Gasteiger charge is 2.25. The second kappa shape index (κ2) is 3.44. The smallest absolute Gasteiger partial charge is 0.356 e. The van der Waals surface area contributed by atoms with Crippen LogP contribution in [-0.4, -0.2) is 20.9 Å². The summed E-state index contributed by atoms with van der Waals surface area (Å²) in [6.07, 6.45) is 3.92. The molecule has 0 saturated heterocycles. The van der Waals surface area contributed by atoms with Crippen LogP contribution in [0.25, 0.3) is 0 Å². The number of nitrogens with zero attached hydrogens (tertiary/aromatic N) is 2. The molecule has 0 spiro atoms. The predicted octanol–water partition coefficient (Wildman–Crippen LogP) is 1.48. The van der Waals surface area contributed by atoms with Crippen LogP contribution in [0.5, 0.6) is 0 Å². The van der Waals surface area contributed by atoms with E-state index in [0.29, 0.717) is 0 Å². The van der Waals surface area contributed by atoms with Gasteiger partial charge in [0.05, 0.1) is 0 Å². The fourth-order valence-electron chi connectivity index (χ4n) is 2.08. The molecule has 0 aliphatic heterocycles. The number of hydrogen-bond donors (Lipinski definition) is 1. The molecule has 0 unspecified atom stereocenters. The van der Waals surface area contributed by atoms with Crippen LogP contribution in [0.2, 0.25) is 0 Å². The number of aromatic carboxylic acids is 1. The minimum absolute atomic E-state index is 0.269. The van der Waals surface area contributed by atoms with Crippen LogP contribution < -0.4 is 0 Å². The number of rotatable bonds is 3. The first-order valence-electron chi connectivity index (χ1n) is 5.06. The Balaban J connectivity index is 2.44. The van der Waals surface area contributed by atoms with Gasteiger partial charge in [-0.3, -0.25) is 4.68 Å². The summed E-state index contributed by atoms with van der Waals surface area (Å²) in [6, 6.07) is 0. The van der Waals surface area contributed by atoms with Gasteiger partial charge >= 0.3 is 5.97 Å². The number of aryl methyl sites for hydroxylation is 1. The van der Waals surface area contributed by atoms with E-state index in [0.717, 1.165) is 43.5 Å². The topological polar surface area (TPSA) is 55.1 Å². The fourth-order valence-corrected chi connectivity index (χ4v) is 2.08. The maximum atomic E-state index is 10.9. The van der Waals surface area contributed by atoms with Gasteiger partial charge in [-0.15, -0.1) is 0 Å². The number of aromatic nitrogens is 2. The van der Waals surface area contributed by atoms with Gasteiger partial charge in [0.1, 0.15) is 0 Å². The fraction of sp³-hybridized carbons (Fsp3) is 0.600. The van der Waals surface area contributed by atoms with Gasteiger partial charge in [-0.2, -0.15) is 5.10 Å². The number of carboxylic acid groups (broad SMARTS) is 1. The van der Waals surface area contributed by atoms with Gasteiger partial charge in [0.15, 0.2) is 5.69 Å². The second-order valence-electron chi connectivity index (χ2n) is 3.66. The Kier molecular flexibility index (Phi) is 2.27. The minimum Gasteiger partial charge on any atom is -0.476 e. The van der Waals surface area contributed by atoms with Gasteiger partial charge in [-0.05, 0) is 25.7 Å². The summed E-state index contributed by atoms with van der Waals surface area (Å²) < 4.78 is 1.87. The molecule has 4 heteroatoms. The van der Waals surface area contributed by atoms with Crippen LogP contribution in [0.4, 0.5) is 0 Å². The van der Waals surface area contributed by atoms with E-state index in [-0.39, 0.29) is 5.69 Å². The standard InChI is InChI=1S/C10H14N2O2/c1-2-6-12-8-5-3-4-7(8)9(11-12)10(13)14/h2-6H2,1H3,(H,13,14). The average Bonchev–Trinajstić information content (AvgIpc) is 2.67. The van der Waals surface area contributed by atoms with E-state index >= 15 is 0 Å². The average molecular weight is 194 g/mol. The van der Waals surface area contributed by atoms with Gasteiger partial charge in [-0.25, -0.2) is 4.79 Å². The normalized spacial score (nSPS) is 14.4. The molecule has 1 aromatic heterocycles. The summed E-state index contributed by atoms with van der Waals surface area (Å²) in [6.45, 7) is 2.90. The van der Waals surface area contributed by atoms with E-state index in [9.17, 15) is 4.79 Å². The molecular weight excluding hydrogens is 180 g/mol. The molecule has 1 aromatic rings. The Morgan fingerprint density at radius 1 is 1.57 bits per heavy atom. The Bertz CT molecular complexity index is 368. The molecule has 0 fully saturated rings. The summed E-state index contributed by atoms with van der Waals surface area (Å²) in [7, 11) is 0. The van der Waals surface area contributed by atoms with Crippen molar-refractivity contribution in [2.75, 3.05) is 0 Å². The number of hydrogen-bond acceptors (Lipinski definition) is 2. The summed E-state index contributed by atoms with van der Waals surface area (Å²) in [5.41, 5.74) is 2.38. The summed E-state index contributed by atoms with van der Waals surface area (Å²) >= 11 is 0. The third-order valence-electron chi connectivity index (χ3n) is 2.64. The van der Waals surface area contributed by atoms with Crippen LogP contribution in [0.1, 0.15) is 41.5 Å². The first-order chi connectivity index (χ1) is 6.74. The molecule has 0 atom stereocenters. The van der Waals surface area contributed by atoms with Gasteiger partial charge in [0.2, 0.25) is 0 Å². The summed E-state index contributed by atoms with van der Waals surface area (Å²) in [5, 5.41) is 13.1. The number of fused-ring (bicyclic) bond motifs is 1. The lowest BCUT2D eigenvalue weighted by Crippen LogP contribution is -2.05. The van der Waals surface area contributed by atoms with Crippen molar-refractivity contribution in [1.29, 1.82) is 0 Å². The van der Waals surface area contributed by atoms with Crippen LogP contribution in [0.3, 0.4) is 0 Å². The zero-order chi connectivity index (χ0) is 10.1. The van der Waals surface area contributed by atoms with Gasteiger partial charge in [0.25, 0.3) is 0 Å². The van der Waals surface area contributed by atoms with Crippen molar-refractivity contribution < 1.29 is 9.90 Å². The molecule has 1 heterocycles. The van der Waals surface area contributed by atoms with Crippen LogP contribution >= 0.6 is 0 Å². The monoisotopic (exact) mass is 194 g/mol. The maximum absolute atomic E-state index is 10.9. The van der Waals surface area contributed by atoms with Crippen molar-refractivity contribution in [1.82, 2.24) is 9.78 Å². The van der Waals surface area contributed by atoms with Gasteiger partial charge < -0.3 is 5.11 Å². The SMILES string of the molecule is CCCn1nc(C(=O)O)c2c1CCC2. The maximum Gasteiger partial charge on any atom is 0.356 e. The molecule has 76 valence electrons. The lowest BCUT2D eigenvalue weighted by molar-refractivity contribution is 0.0688. The van der Waals surface area contributed by atoms with Crippen LogP contribution in [0.15, 0.2) is 0 Å². The van der Waals surface area contributed by atoms with E-state index in [1.54, 1.807) is 0 Å². The second-order valence-corrected chi connectivity index (χ2v) is 3.66. The summed E-state index contributed by atoms with van der Waals surface area (Å²) in [4.78, 5) is 10.9. The zero-order valence-corrected chi connectivity index (χ0v) is 8.29. The Morgan fingerprint density at radius 3 is 3.00 bits per heavy atom. The highest BCUT2D eigenvalue weighted by Crippen LogP contribution is 2.25. The molecule has 2 rings (SSSR count). The zero-order valence-electron chi connectivity index (χ0n) is 8.29. The molecule has 0 saturated carbocycles. The Hall–Kier alpha value is -1.32. The van der Waals surface area contributed by atoms with Crippen LogP contribution in [0, 0.1) is 0 Å². The third kappa shape index (κ3) is 1.31. The Morgan fingerprint density at radius 2 is 2.36 bits per heavy atom. The summed E-state index contributed by atoms with van der Waals surface area (Å²) in [5.74, 6) is -0.891. The van der Waals surface area contributed by atoms with Crippen molar-refractivity contribution >= 4 is 5.97 Å². The van der Waals surface area contributed by atoms with Crippen LogP contribution in [-0.2, 0) is 19.4 Å². The van der Waals surface area contributed by atoms with E-state index in [1.807, 2.05) is 4.68 Å².